The number of pyridine rings is 1. The first-order valence-electron chi connectivity index (χ1n) is 6.57. The zero-order chi connectivity index (χ0) is 15.0. The van der Waals surface area contributed by atoms with Crippen LogP contribution >= 0.6 is 0 Å². The molecular weight excluding hydrogens is 269 g/mol. The summed E-state index contributed by atoms with van der Waals surface area (Å²) in [5.41, 5.74) is 2.50. The van der Waals surface area contributed by atoms with Crippen LogP contribution in [0.5, 0.6) is 5.75 Å². The lowest BCUT2D eigenvalue weighted by atomic mass is 10.0. The molecular formula is C17H14FNO2. The quantitative estimate of drug-likeness (QED) is 0.780. The topological polar surface area (TPSA) is 42.1 Å². The van der Waals surface area contributed by atoms with E-state index in [1.807, 2.05) is 37.3 Å². The van der Waals surface area contributed by atoms with Gasteiger partial charge in [0.15, 0.2) is 17.0 Å². The van der Waals surface area contributed by atoms with Crippen molar-refractivity contribution in [1.82, 2.24) is 4.98 Å². The van der Waals surface area contributed by atoms with Crippen LogP contribution in [0, 0.1) is 12.7 Å². The van der Waals surface area contributed by atoms with E-state index in [9.17, 15) is 9.18 Å². The van der Waals surface area contributed by atoms with Gasteiger partial charge in [-0.3, -0.25) is 4.79 Å². The van der Waals surface area contributed by atoms with Crippen LogP contribution in [0.15, 0.2) is 47.3 Å². The number of ether oxygens (including phenoxy) is 1. The number of aromatic nitrogens is 1. The number of hydrogen-bond donors (Lipinski definition) is 1. The fraction of sp³-hybridized carbons (Fsp3) is 0.118. The summed E-state index contributed by atoms with van der Waals surface area (Å²) >= 11 is 0. The SMILES string of the molecule is COc1cc2[nH]c(C)c(-c3ccccc3)c(=O)c2cc1F. The van der Waals surface area contributed by atoms with Crippen molar-refractivity contribution >= 4 is 10.9 Å². The van der Waals surface area contributed by atoms with Gasteiger partial charge in [-0.2, -0.15) is 0 Å². The molecule has 1 heterocycles. The van der Waals surface area contributed by atoms with E-state index in [0.717, 1.165) is 11.3 Å². The number of aromatic amines is 1. The summed E-state index contributed by atoms with van der Waals surface area (Å²) in [6, 6.07) is 12.1. The highest BCUT2D eigenvalue weighted by molar-refractivity contribution is 5.85. The number of benzene rings is 2. The third-order valence-corrected chi connectivity index (χ3v) is 3.52. The van der Waals surface area contributed by atoms with Crippen LogP contribution < -0.4 is 10.2 Å². The number of halogens is 1. The third-order valence-electron chi connectivity index (χ3n) is 3.52. The molecule has 0 unspecified atom stereocenters. The van der Waals surface area contributed by atoms with Crippen LogP contribution in [0.2, 0.25) is 0 Å². The Kier molecular flexibility index (Phi) is 3.22. The van der Waals surface area contributed by atoms with Gasteiger partial charge in [0, 0.05) is 22.7 Å². The number of nitrogens with one attached hydrogen (secondary N) is 1. The second-order valence-corrected chi connectivity index (χ2v) is 4.85. The second-order valence-electron chi connectivity index (χ2n) is 4.85. The normalized spacial score (nSPS) is 10.8. The minimum Gasteiger partial charge on any atom is -0.494 e. The Labute approximate surface area is 121 Å². The molecule has 0 saturated heterocycles. The van der Waals surface area contributed by atoms with Crippen molar-refractivity contribution in [3.63, 3.8) is 0 Å². The van der Waals surface area contributed by atoms with E-state index >= 15 is 0 Å². The average molecular weight is 283 g/mol. The number of methoxy groups -OCH3 is 1. The van der Waals surface area contributed by atoms with Crippen molar-refractivity contribution in [3.8, 4) is 16.9 Å². The highest BCUT2D eigenvalue weighted by Gasteiger charge is 2.14. The molecule has 4 heteroatoms. The monoisotopic (exact) mass is 283 g/mol. The van der Waals surface area contributed by atoms with Gasteiger partial charge in [-0.1, -0.05) is 30.3 Å². The summed E-state index contributed by atoms with van der Waals surface area (Å²) in [5.74, 6) is -0.427. The minimum atomic E-state index is -0.543. The summed E-state index contributed by atoms with van der Waals surface area (Å²) < 4.78 is 18.8. The van der Waals surface area contributed by atoms with Gasteiger partial charge in [0.05, 0.1) is 12.6 Å². The highest BCUT2D eigenvalue weighted by Crippen LogP contribution is 2.25. The Hall–Kier alpha value is -2.62. The van der Waals surface area contributed by atoms with Crippen molar-refractivity contribution < 1.29 is 9.13 Å². The van der Waals surface area contributed by atoms with Gasteiger partial charge >= 0.3 is 0 Å². The number of rotatable bonds is 2. The van der Waals surface area contributed by atoms with E-state index in [2.05, 4.69) is 4.98 Å². The summed E-state index contributed by atoms with van der Waals surface area (Å²) in [5, 5.41) is 0.317. The third kappa shape index (κ3) is 2.18. The molecule has 0 aliphatic carbocycles. The molecule has 0 saturated carbocycles. The molecule has 21 heavy (non-hydrogen) atoms. The molecule has 0 aliphatic rings. The average Bonchev–Trinajstić information content (AvgIpc) is 2.49. The van der Waals surface area contributed by atoms with E-state index in [0.29, 0.717) is 16.5 Å². The van der Waals surface area contributed by atoms with Crippen molar-refractivity contribution in [2.45, 2.75) is 6.92 Å². The van der Waals surface area contributed by atoms with Crippen molar-refractivity contribution in [3.05, 3.63) is 64.2 Å². The molecule has 106 valence electrons. The fourth-order valence-electron chi connectivity index (χ4n) is 2.52. The van der Waals surface area contributed by atoms with Crippen LogP contribution in [0.1, 0.15) is 5.69 Å². The maximum absolute atomic E-state index is 13.9. The maximum Gasteiger partial charge on any atom is 0.197 e. The van der Waals surface area contributed by atoms with Crippen LogP contribution in [0.25, 0.3) is 22.0 Å². The molecule has 1 aromatic heterocycles. The van der Waals surface area contributed by atoms with Gasteiger partial charge in [-0.05, 0) is 18.6 Å². The summed E-state index contributed by atoms with van der Waals surface area (Å²) in [4.78, 5) is 15.8. The van der Waals surface area contributed by atoms with Gasteiger partial charge in [0.1, 0.15) is 0 Å². The van der Waals surface area contributed by atoms with Crippen molar-refractivity contribution in [2.75, 3.05) is 7.11 Å². The van der Waals surface area contributed by atoms with Gasteiger partial charge in [-0.25, -0.2) is 4.39 Å². The standard InChI is InChI=1S/C17H14FNO2/c1-10-16(11-6-4-3-5-7-11)17(20)12-8-13(18)15(21-2)9-14(12)19-10/h3-9H,1-2H3,(H,19,20). The molecule has 0 bridgehead atoms. The van der Waals surface area contributed by atoms with E-state index in [1.165, 1.54) is 19.2 Å². The van der Waals surface area contributed by atoms with E-state index in [4.69, 9.17) is 4.74 Å². The van der Waals surface area contributed by atoms with Crippen molar-refractivity contribution in [2.24, 2.45) is 0 Å². The summed E-state index contributed by atoms with van der Waals surface area (Å²) in [7, 11) is 1.40. The number of fused-ring (bicyclic) bond motifs is 1. The molecule has 0 atom stereocenters. The molecule has 3 nitrogen and oxygen atoms in total. The van der Waals surface area contributed by atoms with E-state index in [-0.39, 0.29) is 11.2 Å². The Bertz CT molecular complexity index is 869. The molecule has 0 aliphatic heterocycles. The lowest BCUT2D eigenvalue weighted by Gasteiger charge is -2.10. The zero-order valence-corrected chi connectivity index (χ0v) is 11.7. The Balaban J connectivity index is 2.37. The van der Waals surface area contributed by atoms with E-state index in [1.54, 1.807) is 0 Å². The lowest BCUT2D eigenvalue weighted by Crippen LogP contribution is -2.10. The molecule has 0 fully saturated rings. The van der Waals surface area contributed by atoms with Gasteiger partial charge in [0.2, 0.25) is 0 Å². The van der Waals surface area contributed by atoms with Crippen LogP contribution in [0.4, 0.5) is 4.39 Å². The van der Waals surface area contributed by atoms with Gasteiger partial charge in [-0.15, -0.1) is 0 Å². The van der Waals surface area contributed by atoms with Crippen LogP contribution in [0.3, 0.4) is 0 Å². The van der Waals surface area contributed by atoms with E-state index < -0.39 is 5.82 Å². The number of hydrogen-bond acceptors (Lipinski definition) is 2. The zero-order valence-electron chi connectivity index (χ0n) is 11.7. The maximum atomic E-state index is 13.9. The second kappa shape index (κ2) is 5.05. The minimum absolute atomic E-state index is 0.116. The molecule has 0 spiro atoms. The molecule has 3 rings (SSSR count). The summed E-state index contributed by atoms with van der Waals surface area (Å²) in [6.07, 6.45) is 0. The van der Waals surface area contributed by atoms with Gasteiger partial charge < -0.3 is 9.72 Å². The van der Waals surface area contributed by atoms with Crippen LogP contribution in [-0.4, -0.2) is 12.1 Å². The largest absolute Gasteiger partial charge is 0.494 e. The lowest BCUT2D eigenvalue weighted by molar-refractivity contribution is 0.387. The number of H-pyrrole nitrogens is 1. The molecule has 0 radical (unpaired) electrons. The first-order valence-corrected chi connectivity index (χ1v) is 6.57. The molecule has 1 N–H and O–H groups in total. The number of aryl methyl sites for hydroxylation is 1. The predicted octanol–water partition coefficient (Wildman–Crippen LogP) is 3.65. The fourth-order valence-corrected chi connectivity index (χ4v) is 2.52. The first kappa shape index (κ1) is 13.4. The predicted molar refractivity (Wildman–Crippen MR) is 81.3 cm³/mol. The summed E-state index contributed by atoms with van der Waals surface area (Å²) in [6.45, 7) is 1.83. The smallest absolute Gasteiger partial charge is 0.197 e. The molecule has 2 aromatic carbocycles. The Morgan fingerprint density at radius 1 is 1.14 bits per heavy atom. The Morgan fingerprint density at radius 2 is 1.86 bits per heavy atom. The highest BCUT2D eigenvalue weighted by atomic mass is 19.1. The molecule has 3 aromatic rings. The first-order chi connectivity index (χ1) is 10.1. The molecule has 0 amide bonds. The van der Waals surface area contributed by atoms with Crippen molar-refractivity contribution in [1.29, 1.82) is 0 Å². The Morgan fingerprint density at radius 3 is 2.52 bits per heavy atom. The van der Waals surface area contributed by atoms with Crippen LogP contribution in [-0.2, 0) is 0 Å². The van der Waals surface area contributed by atoms with Gasteiger partial charge in [0.25, 0.3) is 0 Å².